The average Bonchev–Trinajstić information content (AvgIpc) is 1.61. The minimum absolute atomic E-state index is 0.142. The fourth-order valence-corrected chi connectivity index (χ4v) is 1.28. The smallest absolute Gasteiger partial charge is 0.157 e. The molecule has 10 heavy (non-hydrogen) atoms. The van der Waals surface area contributed by atoms with Crippen LogP contribution in [0.3, 0.4) is 0 Å². The van der Waals surface area contributed by atoms with E-state index in [9.17, 15) is 8.42 Å². The third kappa shape index (κ3) is 2.27. The highest BCUT2D eigenvalue weighted by Gasteiger charge is 2.27. The predicted octanol–water partition coefficient (Wildman–Crippen LogP) is 0.192. The van der Waals surface area contributed by atoms with Crippen LogP contribution in [0.5, 0.6) is 0 Å². The van der Waals surface area contributed by atoms with E-state index in [0.29, 0.717) is 0 Å². The minimum Gasteiger partial charge on any atom is -0.395 e. The molecule has 0 radical (unpaired) electrons. The summed E-state index contributed by atoms with van der Waals surface area (Å²) in [6.07, 6.45) is 0. The van der Waals surface area contributed by atoms with Gasteiger partial charge in [-0.25, -0.2) is 8.42 Å². The second kappa shape index (κ2) is 2.88. The lowest BCUT2D eigenvalue weighted by atomic mass is 10.3. The zero-order valence-corrected chi connectivity index (χ0v) is 7.40. The molecule has 1 N–H and O–H groups in total. The molecular weight excluding hydrogens is 152 g/mol. The van der Waals surface area contributed by atoms with Gasteiger partial charge in [-0.15, -0.1) is 0 Å². The van der Waals surface area contributed by atoms with Gasteiger partial charge in [-0.2, -0.15) is 0 Å². The molecule has 0 aliphatic carbocycles. The van der Waals surface area contributed by atoms with E-state index in [1.54, 1.807) is 20.8 Å². The Morgan fingerprint density at radius 1 is 1.30 bits per heavy atom. The second-order valence-electron chi connectivity index (χ2n) is 3.15. The van der Waals surface area contributed by atoms with E-state index in [1.807, 2.05) is 0 Å². The first-order valence-corrected chi connectivity index (χ1v) is 4.79. The van der Waals surface area contributed by atoms with Crippen molar-refractivity contribution in [2.75, 3.05) is 12.4 Å². The Bertz CT molecular complexity index is 186. The van der Waals surface area contributed by atoms with Gasteiger partial charge in [0.05, 0.1) is 17.1 Å². The predicted molar refractivity (Wildman–Crippen MR) is 40.6 cm³/mol. The van der Waals surface area contributed by atoms with Crippen LogP contribution in [0, 0.1) is 0 Å². The number of aliphatic hydroxyl groups excluding tert-OH is 1. The Labute approximate surface area is 62.0 Å². The first kappa shape index (κ1) is 9.91. The van der Waals surface area contributed by atoms with Crippen LogP contribution < -0.4 is 0 Å². The third-order valence-electron chi connectivity index (χ3n) is 1.29. The first-order chi connectivity index (χ1) is 4.31. The first-order valence-electron chi connectivity index (χ1n) is 3.14. The molecule has 4 heteroatoms. The summed E-state index contributed by atoms with van der Waals surface area (Å²) in [6.45, 7) is 4.58. The Kier molecular flexibility index (Phi) is 2.86. The molecule has 0 atom stereocenters. The van der Waals surface area contributed by atoms with E-state index in [4.69, 9.17) is 5.11 Å². The summed E-state index contributed by atoms with van der Waals surface area (Å²) < 4.78 is 21.4. The normalized spacial score (nSPS) is 13.6. The standard InChI is InChI=1S/C6H14O3S/c1-6(2,3)10(8,9)5-4-7/h7H,4-5H2,1-3H3. The molecule has 0 spiro atoms. The number of aliphatic hydroxyl groups is 1. The van der Waals surface area contributed by atoms with Gasteiger partial charge in [0.15, 0.2) is 9.84 Å². The Morgan fingerprint density at radius 3 is 1.80 bits per heavy atom. The molecule has 0 fully saturated rings. The van der Waals surface area contributed by atoms with Crippen molar-refractivity contribution < 1.29 is 13.5 Å². The third-order valence-corrected chi connectivity index (χ3v) is 3.88. The number of rotatable bonds is 2. The largest absolute Gasteiger partial charge is 0.395 e. The summed E-state index contributed by atoms with van der Waals surface area (Å²) in [5, 5.41) is 8.39. The van der Waals surface area contributed by atoms with E-state index in [0.717, 1.165) is 0 Å². The number of hydrogen-bond donors (Lipinski definition) is 1. The number of sulfone groups is 1. The quantitative estimate of drug-likeness (QED) is 0.637. The fourth-order valence-electron chi connectivity index (χ4n) is 0.426. The molecule has 0 rings (SSSR count). The SMILES string of the molecule is CC(C)(C)S(=O)(=O)CCO. The van der Waals surface area contributed by atoms with E-state index < -0.39 is 14.6 Å². The van der Waals surface area contributed by atoms with Crippen molar-refractivity contribution in [3.8, 4) is 0 Å². The van der Waals surface area contributed by atoms with Crippen molar-refractivity contribution in [2.24, 2.45) is 0 Å². The van der Waals surface area contributed by atoms with Crippen LogP contribution in [-0.2, 0) is 9.84 Å². The van der Waals surface area contributed by atoms with E-state index >= 15 is 0 Å². The van der Waals surface area contributed by atoms with Gasteiger partial charge in [-0.1, -0.05) is 0 Å². The lowest BCUT2D eigenvalue weighted by molar-refractivity contribution is 0.318. The van der Waals surface area contributed by atoms with Gasteiger partial charge in [-0.05, 0) is 20.8 Å². The van der Waals surface area contributed by atoms with Crippen molar-refractivity contribution in [1.29, 1.82) is 0 Å². The molecule has 0 aromatic rings. The molecular formula is C6H14O3S. The lowest BCUT2D eigenvalue weighted by Crippen LogP contribution is -2.31. The molecule has 0 aromatic carbocycles. The van der Waals surface area contributed by atoms with Crippen molar-refractivity contribution in [2.45, 2.75) is 25.5 Å². The summed E-state index contributed by atoms with van der Waals surface area (Å²) in [6, 6.07) is 0. The zero-order chi connectivity index (χ0) is 8.41. The highest BCUT2D eigenvalue weighted by Crippen LogP contribution is 2.14. The minimum atomic E-state index is -3.10. The van der Waals surface area contributed by atoms with Gasteiger partial charge in [0.2, 0.25) is 0 Å². The molecule has 0 unspecified atom stereocenters. The lowest BCUT2D eigenvalue weighted by Gasteiger charge is -2.17. The Morgan fingerprint density at radius 2 is 1.70 bits per heavy atom. The highest BCUT2D eigenvalue weighted by molar-refractivity contribution is 7.92. The van der Waals surface area contributed by atoms with E-state index in [-0.39, 0.29) is 12.4 Å². The topological polar surface area (TPSA) is 54.4 Å². The van der Waals surface area contributed by atoms with Crippen LogP contribution >= 0.6 is 0 Å². The Hall–Kier alpha value is -0.0900. The maximum atomic E-state index is 11.1. The Balaban J connectivity index is 4.44. The molecule has 0 amide bonds. The van der Waals surface area contributed by atoms with Crippen molar-refractivity contribution >= 4 is 9.84 Å². The summed E-state index contributed by atoms with van der Waals surface area (Å²) in [4.78, 5) is 0. The summed E-state index contributed by atoms with van der Waals surface area (Å²) in [5.41, 5.74) is 0. The van der Waals surface area contributed by atoms with Crippen LogP contribution in [0.1, 0.15) is 20.8 Å². The van der Waals surface area contributed by atoms with Gasteiger partial charge in [0.25, 0.3) is 0 Å². The van der Waals surface area contributed by atoms with Crippen molar-refractivity contribution in [3.63, 3.8) is 0 Å². The molecule has 0 bridgehead atoms. The van der Waals surface area contributed by atoms with Gasteiger partial charge in [0.1, 0.15) is 0 Å². The fraction of sp³-hybridized carbons (Fsp3) is 1.00. The summed E-state index contributed by atoms with van der Waals surface area (Å²) in [5.74, 6) is -0.142. The molecule has 0 heterocycles. The molecule has 0 aliphatic rings. The second-order valence-corrected chi connectivity index (χ2v) is 6.02. The van der Waals surface area contributed by atoms with Crippen LogP contribution in [0.25, 0.3) is 0 Å². The van der Waals surface area contributed by atoms with Gasteiger partial charge in [0, 0.05) is 0 Å². The maximum absolute atomic E-state index is 11.1. The van der Waals surface area contributed by atoms with Crippen LogP contribution in [-0.4, -0.2) is 30.6 Å². The molecule has 0 saturated carbocycles. The molecule has 3 nitrogen and oxygen atoms in total. The highest BCUT2D eigenvalue weighted by atomic mass is 32.2. The maximum Gasteiger partial charge on any atom is 0.157 e. The van der Waals surface area contributed by atoms with Crippen molar-refractivity contribution in [1.82, 2.24) is 0 Å². The van der Waals surface area contributed by atoms with E-state index in [1.165, 1.54) is 0 Å². The number of hydrogen-bond acceptors (Lipinski definition) is 3. The van der Waals surface area contributed by atoms with Crippen molar-refractivity contribution in [3.05, 3.63) is 0 Å². The van der Waals surface area contributed by atoms with Gasteiger partial charge in [-0.3, -0.25) is 0 Å². The summed E-state index contributed by atoms with van der Waals surface area (Å²) >= 11 is 0. The molecule has 0 aromatic heterocycles. The van der Waals surface area contributed by atoms with E-state index in [2.05, 4.69) is 0 Å². The molecule has 0 saturated heterocycles. The van der Waals surface area contributed by atoms with Gasteiger partial charge >= 0.3 is 0 Å². The summed E-state index contributed by atoms with van der Waals surface area (Å²) in [7, 11) is -3.10. The zero-order valence-electron chi connectivity index (χ0n) is 6.59. The van der Waals surface area contributed by atoms with Crippen LogP contribution in [0.15, 0.2) is 0 Å². The molecule has 0 aliphatic heterocycles. The van der Waals surface area contributed by atoms with Crippen LogP contribution in [0.4, 0.5) is 0 Å². The molecule has 62 valence electrons. The monoisotopic (exact) mass is 166 g/mol. The average molecular weight is 166 g/mol. The van der Waals surface area contributed by atoms with Crippen LogP contribution in [0.2, 0.25) is 0 Å². The van der Waals surface area contributed by atoms with Gasteiger partial charge < -0.3 is 5.11 Å².